The monoisotopic (exact) mass is 434 g/mol. The average molecular weight is 435 g/mol. The van der Waals surface area contributed by atoms with E-state index in [4.69, 9.17) is 4.74 Å². The van der Waals surface area contributed by atoms with Gasteiger partial charge in [0.1, 0.15) is 6.17 Å². The molecular formula is C17H19BrN6O3. The molecule has 10 heteroatoms. The summed E-state index contributed by atoms with van der Waals surface area (Å²) in [6.07, 6.45) is -0.517. The fourth-order valence-electron chi connectivity index (χ4n) is 3.54. The van der Waals surface area contributed by atoms with E-state index in [0.717, 1.165) is 10.0 Å². The molecule has 0 bridgehead atoms. The molecule has 0 saturated carbocycles. The van der Waals surface area contributed by atoms with Gasteiger partial charge in [-0.05, 0) is 19.1 Å². The highest BCUT2D eigenvalue weighted by atomic mass is 79.9. The SMILES string of the molecule is CCOCCN1c2nnc(-c3ccc(Br)cc3)n2C2C1C(=O)NC(=O)N2C. The number of aromatic nitrogens is 3. The van der Waals surface area contributed by atoms with Gasteiger partial charge in [-0.25, -0.2) is 4.79 Å². The second-order valence-electron chi connectivity index (χ2n) is 6.35. The summed E-state index contributed by atoms with van der Waals surface area (Å²) >= 11 is 3.43. The van der Waals surface area contributed by atoms with Crippen molar-refractivity contribution in [3.63, 3.8) is 0 Å². The highest BCUT2D eigenvalue weighted by molar-refractivity contribution is 9.10. The highest BCUT2D eigenvalue weighted by Crippen LogP contribution is 2.40. The van der Waals surface area contributed by atoms with E-state index in [1.165, 1.54) is 4.90 Å². The summed E-state index contributed by atoms with van der Waals surface area (Å²) in [6, 6.07) is 6.66. The van der Waals surface area contributed by atoms with Crippen LogP contribution in [0.3, 0.4) is 0 Å². The van der Waals surface area contributed by atoms with Gasteiger partial charge in [0.15, 0.2) is 11.9 Å². The quantitative estimate of drug-likeness (QED) is 0.718. The van der Waals surface area contributed by atoms with Crippen molar-refractivity contribution in [3.05, 3.63) is 28.7 Å². The van der Waals surface area contributed by atoms with Crippen LogP contribution in [0, 0.1) is 0 Å². The average Bonchev–Trinajstić information content (AvgIpc) is 3.20. The minimum Gasteiger partial charge on any atom is -0.380 e. The highest BCUT2D eigenvalue weighted by Gasteiger charge is 2.52. The lowest BCUT2D eigenvalue weighted by Gasteiger charge is -2.37. The number of carbonyl (C=O) groups is 2. The van der Waals surface area contributed by atoms with Crippen LogP contribution in [0.4, 0.5) is 10.7 Å². The van der Waals surface area contributed by atoms with E-state index in [1.807, 2.05) is 40.7 Å². The molecule has 27 heavy (non-hydrogen) atoms. The van der Waals surface area contributed by atoms with Crippen molar-refractivity contribution in [2.45, 2.75) is 19.1 Å². The normalized spacial score (nSPS) is 21.3. The molecule has 1 saturated heterocycles. The summed E-state index contributed by atoms with van der Waals surface area (Å²) in [7, 11) is 1.67. The summed E-state index contributed by atoms with van der Waals surface area (Å²) in [5.41, 5.74) is 0.856. The van der Waals surface area contributed by atoms with Crippen molar-refractivity contribution in [1.82, 2.24) is 25.0 Å². The molecule has 1 aromatic heterocycles. The van der Waals surface area contributed by atoms with Gasteiger partial charge in [0.25, 0.3) is 5.91 Å². The Kier molecular flexibility index (Phi) is 4.60. The molecule has 2 atom stereocenters. The van der Waals surface area contributed by atoms with Crippen LogP contribution in [0.15, 0.2) is 28.7 Å². The lowest BCUT2D eigenvalue weighted by molar-refractivity contribution is -0.124. The molecule has 2 aliphatic rings. The van der Waals surface area contributed by atoms with E-state index >= 15 is 0 Å². The van der Waals surface area contributed by atoms with Crippen LogP contribution in [-0.4, -0.2) is 64.5 Å². The Hall–Kier alpha value is -2.46. The number of hydrogen-bond donors (Lipinski definition) is 1. The summed E-state index contributed by atoms with van der Waals surface area (Å²) < 4.78 is 8.27. The maximum absolute atomic E-state index is 12.6. The second kappa shape index (κ2) is 6.93. The van der Waals surface area contributed by atoms with Gasteiger partial charge in [0, 0.05) is 30.2 Å². The molecule has 0 radical (unpaired) electrons. The van der Waals surface area contributed by atoms with E-state index in [0.29, 0.717) is 31.5 Å². The van der Waals surface area contributed by atoms with Crippen LogP contribution in [0.1, 0.15) is 13.1 Å². The summed E-state index contributed by atoms with van der Waals surface area (Å²) in [5, 5.41) is 11.1. The Morgan fingerprint density at radius 2 is 1.96 bits per heavy atom. The van der Waals surface area contributed by atoms with Gasteiger partial charge in [-0.1, -0.05) is 28.1 Å². The molecule has 2 aromatic rings. The van der Waals surface area contributed by atoms with E-state index in [-0.39, 0.29) is 5.91 Å². The first-order valence-corrected chi connectivity index (χ1v) is 9.45. The van der Waals surface area contributed by atoms with Crippen LogP contribution < -0.4 is 10.2 Å². The zero-order valence-corrected chi connectivity index (χ0v) is 16.5. The number of benzene rings is 1. The van der Waals surface area contributed by atoms with Gasteiger partial charge in [0.2, 0.25) is 5.95 Å². The Balaban J connectivity index is 1.80. The predicted molar refractivity (Wildman–Crippen MR) is 101 cm³/mol. The Morgan fingerprint density at radius 3 is 2.67 bits per heavy atom. The molecule has 142 valence electrons. The molecule has 3 amide bonds. The van der Waals surface area contributed by atoms with Gasteiger partial charge in [-0.2, -0.15) is 0 Å². The number of carbonyl (C=O) groups excluding carboxylic acids is 2. The number of fused-ring (bicyclic) bond motifs is 3. The lowest BCUT2D eigenvalue weighted by atomic mass is 10.1. The number of amides is 3. The lowest BCUT2D eigenvalue weighted by Crippen LogP contribution is -2.61. The molecule has 1 fully saturated rings. The molecule has 2 aliphatic heterocycles. The van der Waals surface area contributed by atoms with Crippen LogP contribution >= 0.6 is 15.9 Å². The van der Waals surface area contributed by atoms with Gasteiger partial charge in [-0.3, -0.25) is 14.7 Å². The van der Waals surface area contributed by atoms with Crippen LogP contribution in [0.2, 0.25) is 0 Å². The van der Waals surface area contributed by atoms with E-state index in [9.17, 15) is 9.59 Å². The Bertz CT molecular complexity index is 883. The second-order valence-corrected chi connectivity index (χ2v) is 7.27. The zero-order valence-electron chi connectivity index (χ0n) is 14.9. The standard InChI is InChI=1S/C17H19BrN6O3/c1-3-27-9-8-23-12-14(25)19-17(26)22(2)15(12)24-13(20-21-16(23)24)10-4-6-11(18)7-5-10/h4-7,12,15H,3,8-9H2,1-2H3,(H,19,25,26). The number of anilines is 1. The van der Waals surface area contributed by atoms with Crippen molar-refractivity contribution < 1.29 is 14.3 Å². The molecule has 1 N–H and O–H groups in total. The molecule has 3 heterocycles. The van der Waals surface area contributed by atoms with E-state index < -0.39 is 18.2 Å². The molecule has 0 aliphatic carbocycles. The Morgan fingerprint density at radius 1 is 1.22 bits per heavy atom. The van der Waals surface area contributed by atoms with Crippen molar-refractivity contribution in [2.75, 3.05) is 31.7 Å². The molecule has 9 nitrogen and oxygen atoms in total. The number of nitrogens with zero attached hydrogens (tertiary/aromatic N) is 5. The van der Waals surface area contributed by atoms with Crippen molar-refractivity contribution >= 4 is 33.8 Å². The van der Waals surface area contributed by atoms with Gasteiger partial charge in [-0.15, -0.1) is 10.2 Å². The number of imide groups is 1. The summed E-state index contributed by atoms with van der Waals surface area (Å²) in [4.78, 5) is 28.2. The molecule has 4 rings (SSSR count). The van der Waals surface area contributed by atoms with E-state index in [2.05, 4.69) is 31.4 Å². The molecular weight excluding hydrogens is 416 g/mol. The minimum atomic E-state index is -0.576. The third-order valence-corrected chi connectivity index (χ3v) is 5.35. The fraction of sp³-hybridized carbons (Fsp3) is 0.412. The van der Waals surface area contributed by atoms with Gasteiger partial charge in [0.05, 0.1) is 6.61 Å². The molecule has 0 spiro atoms. The van der Waals surface area contributed by atoms with Crippen LogP contribution in [-0.2, 0) is 9.53 Å². The number of hydrogen-bond acceptors (Lipinski definition) is 6. The van der Waals surface area contributed by atoms with Gasteiger partial charge >= 0.3 is 6.03 Å². The van der Waals surface area contributed by atoms with Crippen molar-refractivity contribution in [2.24, 2.45) is 0 Å². The first-order valence-electron chi connectivity index (χ1n) is 8.65. The molecule has 1 aromatic carbocycles. The smallest absolute Gasteiger partial charge is 0.325 e. The van der Waals surface area contributed by atoms with E-state index in [1.54, 1.807) is 7.05 Å². The largest absolute Gasteiger partial charge is 0.380 e. The first-order chi connectivity index (χ1) is 13.0. The van der Waals surface area contributed by atoms with Crippen LogP contribution in [0.25, 0.3) is 11.4 Å². The van der Waals surface area contributed by atoms with Gasteiger partial charge < -0.3 is 14.5 Å². The predicted octanol–water partition coefficient (Wildman–Crippen LogP) is 1.61. The number of nitrogens with one attached hydrogen (secondary N) is 1. The zero-order chi connectivity index (χ0) is 19.1. The number of likely N-dealkylation sites (N-methyl/N-ethyl adjacent to an activating group) is 1. The third kappa shape index (κ3) is 2.88. The minimum absolute atomic E-state index is 0.341. The van der Waals surface area contributed by atoms with Crippen LogP contribution in [0.5, 0.6) is 0 Å². The van der Waals surface area contributed by atoms with Crippen molar-refractivity contribution in [3.8, 4) is 11.4 Å². The maximum atomic E-state index is 12.6. The number of urea groups is 1. The Labute approximate surface area is 164 Å². The fourth-order valence-corrected chi connectivity index (χ4v) is 3.81. The number of ether oxygens (including phenoxy) is 1. The topological polar surface area (TPSA) is 92.6 Å². The number of halogens is 1. The third-order valence-electron chi connectivity index (χ3n) is 4.82. The first kappa shape index (κ1) is 17.9. The van der Waals surface area contributed by atoms with Crippen molar-refractivity contribution in [1.29, 1.82) is 0 Å². The summed E-state index contributed by atoms with van der Waals surface area (Å²) in [5.74, 6) is 0.826. The molecule has 2 unspecified atom stereocenters. The maximum Gasteiger partial charge on any atom is 0.325 e. The number of rotatable bonds is 5. The summed E-state index contributed by atoms with van der Waals surface area (Å²) in [6.45, 7) is 3.43.